The minimum Gasteiger partial charge on any atom is -0.312 e. The van der Waals surface area contributed by atoms with E-state index >= 15 is 0 Å². The number of benzene rings is 2. The van der Waals surface area contributed by atoms with Crippen molar-refractivity contribution in [1.29, 1.82) is 0 Å². The average molecular weight is 280 g/mol. The summed E-state index contributed by atoms with van der Waals surface area (Å²) in [5.74, 6) is 0.0953. The van der Waals surface area contributed by atoms with Gasteiger partial charge in [0.2, 0.25) is 0 Å². The van der Waals surface area contributed by atoms with Gasteiger partial charge in [0.1, 0.15) is 5.66 Å². The lowest BCUT2D eigenvalue weighted by Crippen LogP contribution is -2.54. The Balaban J connectivity index is 2.29. The van der Waals surface area contributed by atoms with Gasteiger partial charge in [-0.3, -0.25) is 10.1 Å². The maximum Gasteiger partial charge on any atom is 0.256 e. The lowest BCUT2D eigenvalue weighted by atomic mass is 9.90. The molecule has 0 radical (unpaired) electrons. The molecule has 0 spiro atoms. The van der Waals surface area contributed by atoms with Crippen LogP contribution in [0.25, 0.3) is 0 Å². The van der Waals surface area contributed by atoms with Gasteiger partial charge in [-0.05, 0) is 25.1 Å². The highest BCUT2D eigenvalue weighted by atomic mass is 16.2. The van der Waals surface area contributed by atoms with Gasteiger partial charge >= 0.3 is 0 Å². The van der Waals surface area contributed by atoms with E-state index in [0.717, 1.165) is 23.2 Å². The summed E-state index contributed by atoms with van der Waals surface area (Å²) >= 11 is 0. The number of fused-ring (bicyclic) bond motifs is 1. The lowest BCUT2D eigenvalue weighted by molar-refractivity contribution is 0.0576. The first-order valence-electron chi connectivity index (χ1n) is 7.47. The number of rotatable bonds is 4. The van der Waals surface area contributed by atoms with E-state index in [4.69, 9.17) is 0 Å². The van der Waals surface area contributed by atoms with Crippen LogP contribution >= 0.6 is 0 Å². The summed E-state index contributed by atoms with van der Waals surface area (Å²) in [4.78, 5) is 14.7. The molecule has 3 rings (SSSR count). The fourth-order valence-electron chi connectivity index (χ4n) is 3.35. The fraction of sp³-hybridized carbons (Fsp3) is 0.278. The molecule has 1 aliphatic rings. The third-order valence-electron chi connectivity index (χ3n) is 4.14. The fourth-order valence-corrected chi connectivity index (χ4v) is 3.35. The molecule has 1 amide bonds. The Hall–Kier alpha value is -2.13. The highest BCUT2D eigenvalue weighted by molar-refractivity contribution is 6.00. The molecule has 1 atom stereocenters. The second-order valence-corrected chi connectivity index (χ2v) is 5.20. The van der Waals surface area contributed by atoms with Crippen molar-refractivity contribution in [2.75, 3.05) is 13.1 Å². The van der Waals surface area contributed by atoms with Crippen LogP contribution in [0, 0.1) is 0 Å². The number of carbonyl (C=O) groups is 1. The number of hydrogen-bond acceptors (Lipinski definition) is 2. The molecule has 0 saturated heterocycles. The molecule has 2 aromatic rings. The summed E-state index contributed by atoms with van der Waals surface area (Å²) in [5, 5.41) is 3.57. The predicted molar refractivity (Wildman–Crippen MR) is 84.1 cm³/mol. The molecule has 21 heavy (non-hydrogen) atoms. The maximum atomic E-state index is 12.8. The van der Waals surface area contributed by atoms with Crippen molar-refractivity contribution >= 4 is 5.91 Å². The van der Waals surface area contributed by atoms with Gasteiger partial charge in [0.15, 0.2) is 0 Å². The summed E-state index contributed by atoms with van der Waals surface area (Å²) < 4.78 is 0. The Kier molecular flexibility index (Phi) is 3.52. The number of hydrogen-bond donors (Lipinski definition) is 1. The highest BCUT2D eigenvalue weighted by Crippen LogP contribution is 2.41. The molecule has 1 N–H and O–H groups in total. The van der Waals surface area contributed by atoms with Crippen LogP contribution in [0.15, 0.2) is 54.6 Å². The van der Waals surface area contributed by atoms with Gasteiger partial charge in [0.25, 0.3) is 5.91 Å². The Morgan fingerprint density at radius 1 is 1.00 bits per heavy atom. The molecular formula is C18H20N2O. The summed E-state index contributed by atoms with van der Waals surface area (Å²) in [5.41, 5.74) is 2.39. The van der Waals surface area contributed by atoms with E-state index in [1.807, 2.05) is 48.2 Å². The van der Waals surface area contributed by atoms with Gasteiger partial charge in [-0.2, -0.15) is 0 Å². The Bertz CT molecular complexity index is 653. The van der Waals surface area contributed by atoms with Crippen molar-refractivity contribution in [3.8, 4) is 0 Å². The van der Waals surface area contributed by atoms with Crippen LogP contribution in [-0.4, -0.2) is 23.9 Å². The van der Waals surface area contributed by atoms with Gasteiger partial charge in [0, 0.05) is 17.7 Å². The van der Waals surface area contributed by atoms with Crippen LogP contribution in [0.3, 0.4) is 0 Å². The van der Waals surface area contributed by atoms with Gasteiger partial charge in [-0.15, -0.1) is 0 Å². The van der Waals surface area contributed by atoms with Gasteiger partial charge in [-0.25, -0.2) is 0 Å². The van der Waals surface area contributed by atoms with E-state index in [-0.39, 0.29) is 5.91 Å². The standard InChI is InChI=1S/C18H20N2O/c1-3-19-18(14-10-6-5-7-11-14)16-13-9-8-12-15(16)17(21)20(18)4-2/h5-13,19H,3-4H2,1-2H3. The van der Waals surface area contributed by atoms with Crippen molar-refractivity contribution in [2.24, 2.45) is 0 Å². The van der Waals surface area contributed by atoms with Gasteiger partial charge in [-0.1, -0.05) is 55.5 Å². The van der Waals surface area contributed by atoms with Crippen LogP contribution < -0.4 is 5.32 Å². The summed E-state index contributed by atoms with van der Waals surface area (Å²) in [6, 6.07) is 18.1. The summed E-state index contributed by atoms with van der Waals surface area (Å²) in [7, 11) is 0. The molecule has 0 aromatic heterocycles. The normalized spacial score (nSPS) is 20.7. The Labute approximate surface area is 125 Å². The highest BCUT2D eigenvalue weighted by Gasteiger charge is 2.49. The third kappa shape index (κ3) is 1.88. The van der Waals surface area contributed by atoms with Crippen molar-refractivity contribution in [3.05, 3.63) is 71.3 Å². The van der Waals surface area contributed by atoms with Crippen molar-refractivity contribution in [3.63, 3.8) is 0 Å². The molecule has 0 aliphatic carbocycles. The lowest BCUT2D eigenvalue weighted by Gasteiger charge is -2.40. The first-order valence-corrected chi connectivity index (χ1v) is 7.47. The number of nitrogens with zero attached hydrogens (tertiary/aromatic N) is 1. The molecular weight excluding hydrogens is 260 g/mol. The molecule has 0 fully saturated rings. The smallest absolute Gasteiger partial charge is 0.256 e. The van der Waals surface area contributed by atoms with E-state index in [1.165, 1.54) is 0 Å². The molecule has 0 bridgehead atoms. The molecule has 1 heterocycles. The zero-order valence-electron chi connectivity index (χ0n) is 12.5. The topological polar surface area (TPSA) is 32.3 Å². The zero-order valence-corrected chi connectivity index (χ0v) is 12.5. The maximum absolute atomic E-state index is 12.8. The predicted octanol–water partition coefficient (Wildman–Crippen LogP) is 2.97. The van der Waals surface area contributed by atoms with Gasteiger partial charge in [0.05, 0.1) is 0 Å². The third-order valence-corrected chi connectivity index (χ3v) is 4.14. The van der Waals surface area contributed by atoms with Crippen molar-refractivity contribution in [1.82, 2.24) is 10.2 Å². The van der Waals surface area contributed by atoms with Crippen LogP contribution in [0.1, 0.15) is 35.3 Å². The van der Waals surface area contributed by atoms with Crippen LogP contribution in [0.5, 0.6) is 0 Å². The van der Waals surface area contributed by atoms with E-state index < -0.39 is 5.66 Å². The van der Waals surface area contributed by atoms with Crippen LogP contribution in [0.2, 0.25) is 0 Å². The molecule has 3 heteroatoms. The van der Waals surface area contributed by atoms with Crippen molar-refractivity contribution in [2.45, 2.75) is 19.5 Å². The molecule has 2 aromatic carbocycles. The second-order valence-electron chi connectivity index (χ2n) is 5.20. The second kappa shape index (κ2) is 5.34. The Morgan fingerprint density at radius 2 is 1.67 bits per heavy atom. The van der Waals surface area contributed by atoms with E-state index in [1.54, 1.807) is 0 Å². The van der Waals surface area contributed by atoms with E-state index in [0.29, 0.717) is 6.54 Å². The average Bonchev–Trinajstić information content (AvgIpc) is 2.78. The largest absolute Gasteiger partial charge is 0.312 e. The number of nitrogens with one attached hydrogen (secondary N) is 1. The van der Waals surface area contributed by atoms with Crippen molar-refractivity contribution < 1.29 is 4.79 Å². The van der Waals surface area contributed by atoms with E-state index in [9.17, 15) is 4.79 Å². The molecule has 108 valence electrons. The molecule has 0 saturated carbocycles. The van der Waals surface area contributed by atoms with Crippen LogP contribution in [0.4, 0.5) is 0 Å². The zero-order chi connectivity index (χ0) is 14.9. The summed E-state index contributed by atoms with van der Waals surface area (Å²) in [6.07, 6.45) is 0. The minimum atomic E-state index is -0.557. The van der Waals surface area contributed by atoms with E-state index in [2.05, 4.69) is 30.4 Å². The SMILES string of the molecule is CCNC1(c2ccccc2)c2ccccc2C(=O)N1CC. The molecule has 3 nitrogen and oxygen atoms in total. The monoisotopic (exact) mass is 280 g/mol. The molecule has 1 aliphatic heterocycles. The quantitative estimate of drug-likeness (QED) is 0.934. The number of carbonyl (C=O) groups excluding carboxylic acids is 1. The summed E-state index contributed by atoms with van der Waals surface area (Å²) in [6.45, 7) is 5.55. The Morgan fingerprint density at radius 3 is 2.33 bits per heavy atom. The number of amides is 1. The van der Waals surface area contributed by atoms with Gasteiger partial charge < -0.3 is 4.90 Å². The molecule has 1 unspecified atom stereocenters. The minimum absolute atomic E-state index is 0.0953. The van der Waals surface area contributed by atoms with Crippen LogP contribution in [-0.2, 0) is 5.66 Å². The first-order chi connectivity index (χ1) is 10.3. The first kappa shape index (κ1) is 13.8.